The molecule has 0 amide bonds. The van der Waals surface area contributed by atoms with Crippen molar-refractivity contribution in [2.24, 2.45) is 0 Å². The van der Waals surface area contributed by atoms with Gasteiger partial charge in [-0.1, -0.05) is 0 Å². The first kappa shape index (κ1) is 117. The Morgan fingerprint density at radius 1 is 0.213 bits per heavy atom. The molecule has 127 heavy (non-hydrogen) atoms. The molecule has 0 aromatic carbocycles. The van der Waals surface area contributed by atoms with Crippen molar-refractivity contribution in [3.05, 3.63) is 0 Å². The summed E-state index contributed by atoms with van der Waals surface area (Å²) < 4.78 is 725. The summed E-state index contributed by atoms with van der Waals surface area (Å²) in [6.45, 7) is -14.9. The first-order valence-electron chi connectivity index (χ1n) is 29.3. The van der Waals surface area contributed by atoms with Crippen molar-refractivity contribution in [3.8, 4) is 0 Å². The molecule has 0 spiro atoms. The molecule has 0 aromatic rings. The van der Waals surface area contributed by atoms with E-state index in [0.717, 1.165) is 0 Å². The summed E-state index contributed by atoms with van der Waals surface area (Å²) in [5, 5.41) is 0. The molecular formula is C30H54O79S18. The van der Waals surface area contributed by atoms with Crippen molar-refractivity contribution >= 4 is 188 Å². The second-order valence-corrected chi connectivity index (χ2v) is 41.3. The summed E-state index contributed by atoms with van der Waals surface area (Å²) in [6.07, 6.45) is -89.7. The van der Waals surface area contributed by atoms with Gasteiger partial charge in [0.2, 0.25) is 0 Å². The van der Waals surface area contributed by atoms with Crippen molar-refractivity contribution < 1.29 is 342 Å². The second kappa shape index (κ2) is 43.4. The maximum Gasteiger partial charge on any atom is 0.397 e. The summed E-state index contributed by atoms with van der Waals surface area (Å²) in [4.78, 5) is 0. The lowest BCUT2D eigenvalue weighted by Crippen LogP contribution is -2.65. The number of hydrogen-bond acceptors (Lipinski definition) is 62. The monoisotopic (exact) mass is 2250 g/mol. The Morgan fingerprint density at radius 3 is 0.583 bits per heavy atom. The Labute approximate surface area is 711 Å². The molecule has 4 aliphatic rings. The standard InChI is InChI=1S/C30H54O79S18/c31-110(32)94-13(11(95-113(39,40)41)3-86-29-23(106-124(72,73)74)19(102-120(60,61)62)14(97-115(45,46)47)7(90-29)1-84-27-25(108-126(78,79)80)21(104-122(66,67)68)16(99-117(51,52)53)9(92-27)5-88-111(33,34)35)18(101-119(57,58)59)12(96-114(42,43)44)4-87-30-24(107-125(75,76)77)20(103-121(63,64)65)15(98-116(48,49)50)8(91-30)2-85-28-26(109-127(81,82)83)22(105-123(69,70)71)17(100-118(54,55)56)10(93-28)6-89-112(36,37)38/h7-30,110H,1-6H2,(H,33,34,35)(H,36,37,38)(H,39,40,41)(H,42,43,44)(H,45,46,47)(H,48,49,50)(H,51,52,53)(H,54,55,56)(H,57,58,59)(H,60,61,62)(H,63,64,65)(H,66,67,68)(H,69,70,71)(H,72,73,74)(H,75,76,77)(H,78,79,80)(H,81,82,83)/t7-,8-,9-,10-,11-,12-,13-,14-,15-,16-,17-,18-,19+,20+,21+,22+,23-,24-,25-,26-,27-,28-,29-,30-/m1/s1. The quantitative estimate of drug-likeness (QED) is 0.0199. The van der Waals surface area contributed by atoms with Gasteiger partial charge in [0.15, 0.2) is 49.6 Å². The van der Waals surface area contributed by atoms with E-state index in [2.05, 4.69) is 75.3 Å². The van der Waals surface area contributed by atoms with Crippen molar-refractivity contribution in [2.75, 3.05) is 39.6 Å². The van der Waals surface area contributed by atoms with Gasteiger partial charge < -0.3 is 37.9 Å². The summed E-state index contributed by atoms with van der Waals surface area (Å²) in [7, 11) is -117. The molecule has 4 fully saturated rings. The molecule has 756 valence electrons. The van der Waals surface area contributed by atoms with Crippen LogP contribution >= 0.6 is 0 Å². The molecule has 4 rings (SSSR count). The minimum Gasteiger partial charge on any atom is -0.347 e. The third kappa shape index (κ3) is 45.3. The molecule has 0 saturated carbocycles. The highest BCUT2D eigenvalue weighted by Gasteiger charge is 2.61. The van der Waals surface area contributed by atoms with Crippen LogP contribution in [-0.4, -0.2) is 416 Å². The smallest absolute Gasteiger partial charge is 0.347 e. The third-order valence-corrected chi connectivity index (χ3v) is 21.9. The Kier molecular flexibility index (Phi) is 39.9. The van der Waals surface area contributed by atoms with Gasteiger partial charge in [-0.25, -0.2) is 79.5 Å². The normalized spacial score (nSPS) is 29.7. The van der Waals surface area contributed by atoms with Crippen LogP contribution in [-0.2, 0) is 301 Å². The van der Waals surface area contributed by atoms with E-state index in [1.54, 1.807) is 0 Å². The Balaban J connectivity index is 2.13. The van der Waals surface area contributed by atoms with E-state index in [9.17, 15) is 229 Å². The zero-order chi connectivity index (χ0) is 98.6. The number of ether oxygens (including phenoxy) is 8. The summed E-state index contributed by atoms with van der Waals surface area (Å²) in [6, 6.07) is 0. The third-order valence-electron chi connectivity index (χ3n) is 13.6. The average Bonchev–Trinajstić information content (AvgIpc) is 0.768. The van der Waals surface area contributed by atoms with Gasteiger partial charge in [-0.15, -0.1) is 0 Å². The fraction of sp³-hybridized carbons (Fsp3) is 1.00. The van der Waals surface area contributed by atoms with E-state index < -0.39 is 375 Å². The Morgan fingerprint density at radius 2 is 0.394 bits per heavy atom. The van der Waals surface area contributed by atoms with Gasteiger partial charge in [0.1, 0.15) is 97.7 Å². The maximum atomic E-state index is 12.8. The van der Waals surface area contributed by atoms with E-state index >= 15 is 0 Å². The average molecular weight is 2260 g/mol. The molecule has 0 radical (unpaired) electrons. The molecule has 0 aliphatic carbocycles. The fourth-order valence-electron chi connectivity index (χ4n) is 10.2. The van der Waals surface area contributed by atoms with Gasteiger partial charge in [-0.2, -0.15) is 143 Å². The molecule has 97 heteroatoms. The predicted molar refractivity (Wildman–Crippen MR) is 355 cm³/mol. The number of thiol groups is 1. The summed E-state index contributed by atoms with van der Waals surface area (Å²) in [5.41, 5.74) is 0. The first-order valence-corrected chi connectivity index (χ1v) is 53.6. The zero-order valence-corrected chi connectivity index (χ0v) is 73.2. The maximum absolute atomic E-state index is 12.8. The first-order chi connectivity index (χ1) is 56.3. The van der Waals surface area contributed by atoms with Crippen molar-refractivity contribution in [1.82, 2.24) is 0 Å². The van der Waals surface area contributed by atoms with E-state index in [-0.39, 0.29) is 0 Å². The van der Waals surface area contributed by atoms with Gasteiger partial charge in [0.25, 0.3) is 11.0 Å². The van der Waals surface area contributed by atoms with Gasteiger partial charge in [-0.3, -0.25) is 81.6 Å². The van der Waals surface area contributed by atoms with Gasteiger partial charge >= 0.3 is 177 Å². The predicted octanol–water partition coefficient (Wildman–Crippen LogP) is -15.7. The van der Waals surface area contributed by atoms with Crippen LogP contribution in [0.15, 0.2) is 0 Å². The lowest BCUT2D eigenvalue weighted by atomic mass is 9.98. The lowest BCUT2D eigenvalue weighted by Gasteiger charge is -2.45. The van der Waals surface area contributed by atoms with E-state index in [1.165, 1.54) is 0 Å². The van der Waals surface area contributed by atoms with E-state index in [0.29, 0.717) is 0 Å². The van der Waals surface area contributed by atoms with Crippen LogP contribution in [0.1, 0.15) is 0 Å². The molecule has 4 heterocycles. The molecule has 4 aliphatic heterocycles. The van der Waals surface area contributed by atoms with Crippen LogP contribution in [0.5, 0.6) is 0 Å². The molecule has 0 unspecified atom stereocenters. The second-order valence-electron chi connectivity index (χ2n) is 22.7. The Bertz CT molecular complexity index is 6000. The number of hydrogen-bond donors (Lipinski definition) is 18. The van der Waals surface area contributed by atoms with Crippen molar-refractivity contribution in [1.29, 1.82) is 0 Å². The molecular weight excluding hydrogens is 2200 g/mol. The fourth-order valence-corrected chi connectivity index (χ4v) is 18.7. The van der Waals surface area contributed by atoms with Crippen LogP contribution in [0.3, 0.4) is 0 Å². The van der Waals surface area contributed by atoms with E-state index in [4.69, 9.17) is 37.9 Å². The molecule has 4 saturated heterocycles. The minimum absolute atomic E-state index is 2.17. The van der Waals surface area contributed by atoms with Crippen LogP contribution in [0.2, 0.25) is 0 Å². The SMILES string of the molecule is O=[SH](=O)O[C@@H]([C@H](OS(=O)(=O)O)[C@@H](CO[C@@H]1O[C@H](CO[C@@H]2O[C@H](COS(=O)(=O)O)[C@@H](OS(=O)(=O)O)[C@H](OS(=O)(=O)O)[C@H]2OS(=O)(=O)O)[C@@H](OS(=O)(=O)O)[C@H](OS(=O)(=O)O)[C@H]1OS(=O)(=O)O)OS(=O)(=O)O)[C@@H](CO[C@@H]1O[C@H](CO[C@@H]2O[C@H](COS(=O)(=O)O)[C@@H](OS(=O)(=O)O)[C@H](OS(=O)(=O)O)[C@H]2OS(=O)(=O)O)[C@@H](OS(=O)(=O)O)[C@H](OS(=O)(=O)O)[C@H]1OS(=O)(=O)O)OS(=O)(=O)O. The summed E-state index contributed by atoms with van der Waals surface area (Å²) in [5.74, 6) is 0. The van der Waals surface area contributed by atoms with Crippen molar-refractivity contribution in [2.45, 2.75) is 147 Å². The lowest BCUT2D eigenvalue weighted by molar-refractivity contribution is -0.321. The summed E-state index contributed by atoms with van der Waals surface area (Å²) >= 11 is 0. The number of rotatable bonds is 53. The van der Waals surface area contributed by atoms with Gasteiger partial charge in [-0.05, 0) is 0 Å². The van der Waals surface area contributed by atoms with Gasteiger partial charge in [0, 0.05) is 0 Å². The van der Waals surface area contributed by atoms with Crippen LogP contribution < -0.4 is 0 Å². The molecule has 0 bridgehead atoms. The largest absolute Gasteiger partial charge is 0.397 e. The highest BCUT2D eigenvalue weighted by molar-refractivity contribution is 7.84. The highest BCUT2D eigenvalue weighted by Crippen LogP contribution is 2.40. The molecule has 79 nitrogen and oxygen atoms in total. The van der Waals surface area contributed by atoms with Crippen LogP contribution in [0, 0.1) is 0 Å². The minimum atomic E-state index is -7.05. The topological polar surface area (TPSA) is 1200 Å². The molecule has 0 aromatic heterocycles. The Hall–Kier alpha value is -2.62. The van der Waals surface area contributed by atoms with Gasteiger partial charge in [0.05, 0.1) is 39.6 Å². The van der Waals surface area contributed by atoms with Crippen LogP contribution in [0.25, 0.3) is 0 Å². The zero-order valence-electron chi connectivity index (χ0n) is 58.4. The van der Waals surface area contributed by atoms with E-state index in [1.807, 2.05) is 0 Å². The molecule has 17 N–H and O–H groups in total. The molecule has 24 atom stereocenters. The highest BCUT2D eigenvalue weighted by atomic mass is 32.3. The van der Waals surface area contributed by atoms with Crippen LogP contribution in [0.4, 0.5) is 0 Å². The van der Waals surface area contributed by atoms with Crippen molar-refractivity contribution in [3.63, 3.8) is 0 Å².